The summed E-state index contributed by atoms with van der Waals surface area (Å²) in [4.78, 5) is 23.5. The lowest BCUT2D eigenvalue weighted by molar-refractivity contribution is -0.128. The van der Waals surface area contributed by atoms with Crippen molar-refractivity contribution in [3.05, 3.63) is 11.6 Å². The highest BCUT2D eigenvalue weighted by Crippen LogP contribution is 2.14. The number of amides is 1. The van der Waals surface area contributed by atoms with Crippen LogP contribution in [0.4, 0.5) is 0 Å². The van der Waals surface area contributed by atoms with E-state index in [2.05, 4.69) is 0 Å². The first-order chi connectivity index (χ1) is 6.09. The molecule has 1 aliphatic rings. The van der Waals surface area contributed by atoms with Crippen molar-refractivity contribution in [2.75, 3.05) is 13.1 Å². The molecule has 0 aromatic heterocycles. The minimum Gasteiger partial charge on any atom is -0.339 e. The van der Waals surface area contributed by atoms with Gasteiger partial charge in [0.05, 0.1) is 0 Å². The molecule has 0 atom stereocenters. The molecule has 1 heterocycles. The van der Waals surface area contributed by atoms with Crippen LogP contribution in [0.2, 0.25) is 0 Å². The second-order valence-corrected chi connectivity index (χ2v) is 3.46. The molecular formula is C10H15NO2. The summed E-state index contributed by atoms with van der Waals surface area (Å²) in [6.07, 6.45) is 3.39. The van der Waals surface area contributed by atoms with E-state index >= 15 is 0 Å². The molecule has 72 valence electrons. The zero-order valence-corrected chi connectivity index (χ0v) is 8.17. The lowest BCUT2D eigenvalue weighted by atomic mass is 10.0. The maximum absolute atomic E-state index is 11.0. The highest BCUT2D eigenvalue weighted by molar-refractivity contribution is 5.78. The Morgan fingerprint density at radius 2 is 2.15 bits per heavy atom. The molecule has 0 aliphatic carbocycles. The van der Waals surface area contributed by atoms with Gasteiger partial charge in [0.2, 0.25) is 5.91 Å². The van der Waals surface area contributed by atoms with Gasteiger partial charge in [-0.2, -0.15) is 0 Å². The largest absolute Gasteiger partial charge is 0.339 e. The van der Waals surface area contributed by atoms with E-state index in [0.717, 1.165) is 13.0 Å². The zero-order chi connectivity index (χ0) is 9.84. The summed E-state index contributed by atoms with van der Waals surface area (Å²) in [5.74, 6) is 0.306. The van der Waals surface area contributed by atoms with E-state index in [4.69, 9.17) is 0 Å². The lowest BCUT2D eigenvalue weighted by Gasteiger charge is -2.24. The van der Waals surface area contributed by atoms with Gasteiger partial charge < -0.3 is 4.90 Å². The molecule has 3 heteroatoms. The predicted molar refractivity (Wildman–Crippen MR) is 50.3 cm³/mol. The van der Waals surface area contributed by atoms with Crippen molar-refractivity contribution in [3.8, 4) is 0 Å². The Balaban J connectivity index is 2.47. The van der Waals surface area contributed by atoms with Crippen molar-refractivity contribution in [2.45, 2.75) is 26.7 Å². The molecule has 1 aliphatic heterocycles. The van der Waals surface area contributed by atoms with Crippen LogP contribution in [0.15, 0.2) is 11.6 Å². The lowest BCUT2D eigenvalue weighted by Crippen LogP contribution is -2.33. The minimum absolute atomic E-state index is 0.109. The van der Waals surface area contributed by atoms with Crippen molar-refractivity contribution in [3.63, 3.8) is 0 Å². The van der Waals surface area contributed by atoms with Crippen LogP contribution in [-0.4, -0.2) is 29.7 Å². The first-order valence-electron chi connectivity index (χ1n) is 4.52. The number of nitrogens with zero attached hydrogens (tertiary/aromatic N) is 1. The molecular weight excluding hydrogens is 166 g/mol. The third kappa shape index (κ3) is 3.01. The van der Waals surface area contributed by atoms with Gasteiger partial charge >= 0.3 is 0 Å². The van der Waals surface area contributed by atoms with E-state index in [1.54, 1.807) is 18.7 Å². The zero-order valence-electron chi connectivity index (χ0n) is 8.17. The molecule has 0 aromatic carbocycles. The van der Waals surface area contributed by atoms with Crippen LogP contribution in [-0.2, 0) is 9.59 Å². The molecule has 0 spiro atoms. The molecule has 0 bridgehead atoms. The maximum Gasteiger partial charge on any atom is 0.219 e. The van der Waals surface area contributed by atoms with Gasteiger partial charge in [0.1, 0.15) is 5.78 Å². The first kappa shape index (κ1) is 9.96. The average Bonchev–Trinajstić information content (AvgIpc) is 2.04. The molecule has 0 unspecified atom stereocenters. The van der Waals surface area contributed by atoms with Crippen molar-refractivity contribution < 1.29 is 9.59 Å². The third-order valence-corrected chi connectivity index (χ3v) is 2.22. The summed E-state index contributed by atoms with van der Waals surface area (Å²) in [5, 5.41) is 0. The number of hydrogen-bond acceptors (Lipinski definition) is 2. The molecule has 0 radical (unpaired) electrons. The molecule has 13 heavy (non-hydrogen) atoms. The van der Waals surface area contributed by atoms with Crippen LogP contribution in [0.3, 0.4) is 0 Å². The fraction of sp³-hybridized carbons (Fsp3) is 0.600. The molecule has 0 saturated carbocycles. The number of carbonyl (C=O) groups excluding carboxylic acids is 2. The van der Waals surface area contributed by atoms with Crippen LogP contribution in [0.5, 0.6) is 0 Å². The van der Waals surface area contributed by atoms with E-state index in [1.807, 2.05) is 6.08 Å². The smallest absolute Gasteiger partial charge is 0.219 e. The number of carbonyl (C=O) groups is 2. The Hall–Kier alpha value is -1.12. The summed E-state index contributed by atoms with van der Waals surface area (Å²) in [6, 6.07) is 0. The Morgan fingerprint density at radius 1 is 1.46 bits per heavy atom. The number of rotatable bonds is 2. The minimum atomic E-state index is 0.109. The van der Waals surface area contributed by atoms with E-state index in [9.17, 15) is 9.59 Å². The van der Waals surface area contributed by atoms with Crippen molar-refractivity contribution >= 4 is 11.7 Å². The van der Waals surface area contributed by atoms with Gasteiger partial charge in [-0.15, -0.1) is 0 Å². The van der Waals surface area contributed by atoms with Gasteiger partial charge in [-0.25, -0.2) is 0 Å². The Kier molecular flexibility index (Phi) is 3.23. The SMILES string of the molecule is CC(=O)CC1=CCN(C(C)=O)CC1. The Bertz CT molecular complexity index is 256. The van der Waals surface area contributed by atoms with Gasteiger partial charge in [-0.3, -0.25) is 9.59 Å². The number of ketones is 1. The standard InChI is InChI=1S/C10H15NO2/c1-8(12)7-10-3-5-11(6-4-10)9(2)13/h3H,4-7H2,1-2H3. The van der Waals surface area contributed by atoms with E-state index in [0.29, 0.717) is 13.0 Å². The molecule has 0 aromatic rings. The third-order valence-electron chi connectivity index (χ3n) is 2.22. The fourth-order valence-corrected chi connectivity index (χ4v) is 1.48. The summed E-state index contributed by atoms with van der Waals surface area (Å²) in [5.41, 5.74) is 1.17. The maximum atomic E-state index is 11.0. The number of Topliss-reactive ketones (excluding diaryl/α,β-unsaturated/α-hetero) is 1. The first-order valence-corrected chi connectivity index (χ1v) is 4.52. The summed E-state index contributed by atoms with van der Waals surface area (Å²) in [6.45, 7) is 4.59. The van der Waals surface area contributed by atoms with E-state index in [-0.39, 0.29) is 11.7 Å². The molecule has 1 amide bonds. The molecule has 3 nitrogen and oxygen atoms in total. The summed E-state index contributed by atoms with van der Waals surface area (Å²) < 4.78 is 0. The van der Waals surface area contributed by atoms with Crippen LogP contribution in [0.25, 0.3) is 0 Å². The normalized spacial score (nSPS) is 16.8. The molecule has 0 fully saturated rings. The van der Waals surface area contributed by atoms with Gasteiger partial charge in [0.15, 0.2) is 0 Å². The summed E-state index contributed by atoms with van der Waals surface area (Å²) in [7, 11) is 0. The van der Waals surface area contributed by atoms with E-state index in [1.165, 1.54) is 5.57 Å². The van der Waals surface area contributed by atoms with Crippen molar-refractivity contribution in [2.24, 2.45) is 0 Å². The topological polar surface area (TPSA) is 37.4 Å². The van der Waals surface area contributed by atoms with Gasteiger partial charge in [0.25, 0.3) is 0 Å². The molecule has 0 saturated heterocycles. The fourth-order valence-electron chi connectivity index (χ4n) is 1.48. The van der Waals surface area contributed by atoms with Crippen molar-refractivity contribution in [1.82, 2.24) is 4.90 Å². The van der Waals surface area contributed by atoms with Crippen LogP contribution in [0.1, 0.15) is 26.7 Å². The quantitative estimate of drug-likeness (QED) is 0.599. The Labute approximate surface area is 78.4 Å². The average molecular weight is 181 g/mol. The van der Waals surface area contributed by atoms with Crippen LogP contribution < -0.4 is 0 Å². The Morgan fingerprint density at radius 3 is 2.54 bits per heavy atom. The van der Waals surface area contributed by atoms with Crippen molar-refractivity contribution in [1.29, 1.82) is 0 Å². The second kappa shape index (κ2) is 4.21. The predicted octanol–water partition coefficient (Wildman–Crippen LogP) is 1.14. The van der Waals surface area contributed by atoms with Gasteiger partial charge in [-0.05, 0) is 13.3 Å². The summed E-state index contributed by atoms with van der Waals surface area (Å²) >= 11 is 0. The van der Waals surface area contributed by atoms with Crippen LogP contribution in [0, 0.1) is 0 Å². The highest BCUT2D eigenvalue weighted by atomic mass is 16.2. The highest BCUT2D eigenvalue weighted by Gasteiger charge is 2.13. The monoisotopic (exact) mass is 181 g/mol. The van der Waals surface area contributed by atoms with Gasteiger partial charge in [0, 0.05) is 26.4 Å². The second-order valence-electron chi connectivity index (χ2n) is 3.46. The van der Waals surface area contributed by atoms with E-state index < -0.39 is 0 Å². The molecule has 1 rings (SSSR count). The van der Waals surface area contributed by atoms with Gasteiger partial charge in [-0.1, -0.05) is 11.6 Å². The van der Waals surface area contributed by atoms with Crippen LogP contribution >= 0.6 is 0 Å². The number of hydrogen-bond donors (Lipinski definition) is 0. The molecule has 0 N–H and O–H groups in total.